The van der Waals surface area contributed by atoms with Crippen LogP contribution in [0, 0.1) is 0 Å². The number of esters is 1. The number of hydrogen-bond acceptors (Lipinski definition) is 6. The number of halogens is 1. The van der Waals surface area contributed by atoms with Crippen molar-refractivity contribution in [2.75, 3.05) is 25.0 Å². The molecule has 0 aliphatic carbocycles. The van der Waals surface area contributed by atoms with Crippen molar-refractivity contribution in [2.45, 2.75) is 32.4 Å². The van der Waals surface area contributed by atoms with Gasteiger partial charge in [-0.05, 0) is 62.2 Å². The number of rotatable bonds is 10. The lowest BCUT2D eigenvalue weighted by atomic mass is 10.0. The van der Waals surface area contributed by atoms with Gasteiger partial charge < -0.3 is 25.6 Å². The molecule has 0 saturated carbocycles. The van der Waals surface area contributed by atoms with E-state index >= 15 is 0 Å². The number of anilines is 1. The zero-order valence-electron chi connectivity index (χ0n) is 16.1. The maximum atomic E-state index is 11.4. The third-order valence-electron chi connectivity index (χ3n) is 4.35. The fourth-order valence-electron chi connectivity index (χ4n) is 2.75. The lowest BCUT2D eigenvalue weighted by Gasteiger charge is -2.21. The molecule has 6 nitrogen and oxygen atoms in total. The minimum atomic E-state index is -0.668. The number of aliphatic hydroxyl groups is 1. The molecule has 0 heterocycles. The molecular weight excluding hydrogens is 380 g/mol. The van der Waals surface area contributed by atoms with Gasteiger partial charge in [0.05, 0.1) is 23.4 Å². The van der Waals surface area contributed by atoms with Crippen LogP contribution < -0.4 is 10.6 Å². The summed E-state index contributed by atoms with van der Waals surface area (Å²) < 4.78 is 4.87. The Kier molecular flexibility index (Phi) is 8.57. The molecule has 7 heteroatoms. The second-order valence-electron chi connectivity index (χ2n) is 6.50. The van der Waals surface area contributed by atoms with E-state index in [9.17, 15) is 15.0 Å². The normalized spacial score (nSPS) is 13.0. The molecule has 0 aromatic heterocycles. The molecule has 0 unspecified atom stereocenters. The zero-order valence-corrected chi connectivity index (χ0v) is 16.9. The fourth-order valence-corrected chi connectivity index (χ4v) is 3.02. The van der Waals surface area contributed by atoms with Crippen molar-refractivity contribution < 1.29 is 19.7 Å². The second kappa shape index (κ2) is 10.9. The maximum Gasteiger partial charge on any atom is 0.325 e. The van der Waals surface area contributed by atoms with E-state index in [2.05, 4.69) is 10.6 Å². The number of phenolic OH excluding ortho intramolecular Hbond substituents is 1. The SMILES string of the molecule is CCOC(=O)CNc1ccc(CCN[C@@H](C)[C@@H](O)c2ccc(O)cc2)cc1Cl. The first-order chi connectivity index (χ1) is 13.4. The lowest BCUT2D eigenvalue weighted by molar-refractivity contribution is -0.140. The highest BCUT2D eigenvalue weighted by Crippen LogP contribution is 2.23. The van der Waals surface area contributed by atoms with Crippen LogP contribution in [0.5, 0.6) is 5.75 Å². The molecular formula is C21H27ClN2O4. The highest BCUT2D eigenvalue weighted by molar-refractivity contribution is 6.33. The van der Waals surface area contributed by atoms with Crippen LogP contribution in [0.25, 0.3) is 0 Å². The molecule has 2 aromatic rings. The van der Waals surface area contributed by atoms with E-state index in [1.54, 1.807) is 31.2 Å². The molecule has 0 aliphatic heterocycles. The van der Waals surface area contributed by atoms with E-state index < -0.39 is 6.10 Å². The molecule has 0 saturated heterocycles. The largest absolute Gasteiger partial charge is 0.508 e. The Bertz CT molecular complexity index is 768. The number of hydrogen-bond donors (Lipinski definition) is 4. The Morgan fingerprint density at radius 2 is 1.93 bits per heavy atom. The van der Waals surface area contributed by atoms with E-state index in [-0.39, 0.29) is 24.3 Å². The minimum absolute atomic E-state index is 0.0706. The molecule has 0 amide bonds. The van der Waals surface area contributed by atoms with Gasteiger partial charge in [0.25, 0.3) is 0 Å². The van der Waals surface area contributed by atoms with Gasteiger partial charge in [-0.15, -0.1) is 0 Å². The Morgan fingerprint density at radius 1 is 1.21 bits per heavy atom. The summed E-state index contributed by atoms with van der Waals surface area (Å²) in [4.78, 5) is 11.4. The highest BCUT2D eigenvalue weighted by atomic mass is 35.5. The fraction of sp³-hybridized carbons (Fsp3) is 0.381. The standard InChI is InChI=1S/C21H27ClN2O4/c1-3-28-20(26)13-24-19-9-4-15(12-18(19)22)10-11-23-14(2)21(27)16-5-7-17(25)8-6-16/h4-9,12,14,21,23-25,27H,3,10-11,13H2,1-2H3/t14-,21+/m0/s1. The summed E-state index contributed by atoms with van der Waals surface area (Å²) in [5, 5.41) is 26.5. The van der Waals surface area contributed by atoms with E-state index in [1.165, 1.54) is 0 Å². The highest BCUT2D eigenvalue weighted by Gasteiger charge is 2.15. The summed E-state index contributed by atoms with van der Waals surface area (Å²) in [5.74, 6) is -0.151. The quantitative estimate of drug-likeness (QED) is 0.453. The summed E-state index contributed by atoms with van der Waals surface area (Å²) >= 11 is 6.28. The van der Waals surface area contributed by atoms with Gasteiger partial charge in [-0.25, -0.2) is 0 Å². The van der Waals surface area contributed by atoms with Crippen molar-refractivity contribution in [2.24, 2.45) is 0 Å². The van der Waals surface area contributed by atoms with Crippen LogP contribution in [0.3, 0.4) is 0 Å². The number of ether oxygens (including phenoxy) is 1. The van der Waals surface area contributed by atoms with Crippen molar-refractivity contribution in [3.05, 3.63) is 58.6 Å². The average molecular weight is 407 g/mol. The molecule has 0 aliphatic rings. The number of carbonyl (C=O) groups excluding carboxylic acids is 1. The van der Waals surface area contributed by atoms with E-state index in [0.29, 0.717) is 23.9 Å². The van der Waals surface area contributed by atoms with Crippen LogP contribution in [-0.2, 0) is 16.0 Å². The van der Waals surface area contributed by atoms with Crippen molar-refractivity contribution in [3.63, 3.8) is 0 Å². The summed E-state index contributed by atoms with van der Waals surface area (Å²) in [6.45, 7) is 4.76. The first-order valence-electron chi connectivity index (χ1n) is 9.29. The van der Waals surface area contributed by atoms with Crippen molar-refractivity contribution in [1.82, 2.24) is 5.32 Å². The van der Waals surface area contributed by atoms with E-state index in [1.807, 2.05) is 25.1 Å². The van der Waals surface area contributed by atoms with Crippen molar-refractivity contribution in [3.8, 4) is 5.75 Å². The molecule has 0 fully saturated rings. The molecule has 28 heavy (non-hydrogen) atoms. The molecule has 4 N–H and O–H groups in total. The molecule has 152 valence electrons. The summed E-state index contributed by atoms with van der Waals surface area (Å²) in [6, 6.07) is 12.0. The Balaban J connectivity index is 1.81. The minimum Gasteiger partial charge on any atom is -0.508 e. The smallest absolute Gasteiger partial charge is 0.325 e. The third-order valence-corrected chi connectivity index (χ3v) is 4.66. The van der Waals surface area contributed by atoms with E-state index in [4.69, 9.17) is 16.3 Å². The van der Waals surface area contributed by atoms with Crippen molar-refractivity contribution in [1.29, 1.82) is 0 Å². The van der Waals surface area contributed by atoms with Gasteiger partial charge in [-0.2, -0.15) is 0 Å². The number of carbonyl (C=O) groups is 1. The van der Waals surface area contributed by atoms with Gasteiger partial charge in [0.15, 0.2) is 0 Å². The van der Waals surface area contributed by atoms with E-state index in [0.717, 1.165) is 17.5 Å². The molecule has 2 rings (SSSR count). The second-order valence-corrected chi connectivity index (χ2v) is 6.91. The monoisotopic (exact) mass is 406 g/mol. The number of aliphatic hydroxyl groups excluding tert-OH is 1. The van der Waals surface area contributed by atoms with Crippen LogP contribution in [0.2, 0.25) is 5.02 Å². The van der Waals surface area contributed by atoms with Crippen molar-refractivity contribution >= 4 is 23.3 Å². The van der Waals surface area contributed by atoms with Crippen LogP contribution >= 0.6 is 11.6 Å². The average Bonchev–Trinajstić information content (AvgIpc) is 2.67. The van der Waals surface area contributed by atoms with Gasteiger partial charge in [-0.3, -0.25) is 4.79 Å². The number of phenols is 1. The number of nitrogens with one attached hydrogen (secondary N) is 2. The lowest BCUT2D eigenvalue weighted by Crippen LogP contribution is -2.33. The van der Waals surface area contributed by atoms with Crippen LogP contribution in [-0.4, -0.2) is 41.9 Å². The van der Waals surface area contributed by atoms with Crippen LogP contribution in [0.15, 0.2) is 42.5 Å². The summed E-state index contributed by atoms with van der Waals surface area (Å²) in [6.07, 6.45) is 0.0727. The maximum absolute atomic E-state index is 11.4. The number of benzene rings is 2. The van der Waals surface area contributed by atoms with Gasteiger partial charge in [0.2, 0.25) is 0 Å². The topological polar surface area (TPSA) is 90.8 Å². The predicted molar refractivity (Wildman–Crippen MR) is 111 cm³/mol. The first-order valence-corrected chi connectivity index (χ1v) is 9.66. The van der Waals surface area contributed by atoms with Gasteiger partial charge in [-0.1, -0.05) is 29.8 Å². The molecule has 0 spiro atoms. The molecule has 0 bridgehead atoms. The third kappa shape index (κ3) is 6.71. The number of aromatic hydroxyl groups is 1. The van der Waals surface area contributed by atoms with Gasteiger partial charge in [0, 0.05) is 6.04 Å². The van der Waals surface area contributed by atoms with Gasteiger partial charge in [0.1, 0.15) is 12.3 Å². The molecule has 2 aromatic carbocycles. The zero-order chi connectivity index (χ0) is 20.5. The Labute approximate surface area is 170 Å². The Morgan fingerprint density at radius 3 is 2.57 bits per heavy atom. The molecule has 2 atom stereocenters. The summed E-state index contributed by atoms with van der Waals surface area (Å²) in [7, 11) is 0. The predicted octanol–water partition coefficient (Wildman–Crippen LogP) is 3.27. The molecule has 0 radical (unpaired) electrons. The van der Waals surface area contributed by atoms with Gasteiger partial charge >= 0.3 is 5.97 Å². The van der Waals surface area contributed by atoms with Crippen LogP contribution in [0.1, 0.15) is 31.1 Å². The Hall–Kier alpha value is -2.28. The summed E-state index contributed by atoms with van der Waals surface area (Å²) in [5.41, 5.74) is 2.48. The first kappa shape index (κ1) is 22.0. The van der Waals surface area contributed by atoms with Crippen LogP contribution in [0.4, 0.5) is 5.69 Å².